The fourth-order valence-electron chi connectivity index (χ4n) is 2.81. The van der Waals surface area contributed by atoms with Crippen LogP contribution in [0.25, 0.3) is 11.1 Å². The summed E-state index contributed by atoms with van der Waals surface area (Å²) < 4.78 is 0. The molecule has 142 valence electrons. The lowest BCUT2D eigenvalue weighted by Gasteiger charge is -2.15. The van der Waals surface area contributed by atoms with Crippen molar-refractivity contribution in [3.63, 3.8) is 0 Å². The molecule has 0 radical (unpaired) electrons. The van der Waals surface area contributed by atoms with Crippen LogP contribution in [0.1, 0.15) is 15.9 Å². The minimum Gasteiger partial charge on any atom is -0.480 e. The van der Waals surface area contributed by atoms with Gasteiger partial charge in [0, 0.05) is 27.6 Å². The van der Waals surface area contributed by atoms with Crippen LogP contribution in [0.3, 0.4) is 0 Å². The van der Waals surface area contributed by atoms with Crippen molar-refractivity contribution in [3.8, 4) is 11.1 Å². The summed E-state index contributed by atoms with van der Waals surface area (Å²) in [6, 6.07) is 20.0. The zero-order valence-electron chi connectivity index (χ0n) is 14.7. The van der Waals surface area contributed by atoms with E-state index in [1.165, 1.54) is 0 Å². The molecule has 1 atom stereocenters. The van der Waals surface area contributed by atoms with Crippen molar-refractivity contribution < 1.29 is 14.7 Å². The highest BCUT2D eigenvalue weighted by atomic mass is 35.5. The third-order valence-corrected chi connectivity index (χ3v) is 4.85. The number of amides is 1. The maximum Gasteiger partial charge on any atom is 0.326 e. The third kappa shape index (κ3) is 4.91. The minimum atomic E-state index is -1.09. The van der Waals surface area contributed by atoms with Crippen LogP contribution in [0.5, 0.6) is 0 Å². The lowest BCUT2D eigenvalue weighted by molar-refractivity contribution is -0.139. The van der Waals surface area contributed by atoms with Gasteiger partial charge in [-0.3, -0.25) is 4.79 Å². The van der Waals surface area contributed by atoms with Gasteiger partial charge in [0.05, 0.1) is 0 Å². The number of rotatable bonds is 6. The van der Waals surface area contributed by atoms with Crippen LogP contribution in [-0.4, -0.2) is 23.0 Å². The number of carbonyl (C=O) groups is 2. The molecule has 4 nitrogen and oxygen atoms in total. The summed E-state index contributed by atoms with van der Waals surface area (Å²) in [5, 5.41) is 13.2. The molecule has 2 N–H and O–H groups in total. The van der Waals surface area contributed by atoms with Gasteiger partial charge in [-0.25, -0.2) is 4.79 Å². The second kappa shape index (κ2) is 8.91. The van der Waals surface area contributed by atoms with Gasteiger partial charge >= 0.3 is 5.97 Å². The Labute approximate surface area is 172 Å². The highest BCUT2D eigenvalue weighted by molar-refractivity contribution is 6.33. The van der Waals surface area contributed by atoms with E-state index >= 15 is 0 Å². The Morgan fingerprint density at radius 1 is 0.929 bits per heavy atom. The number of hydrogen-bond donors (Lipinski definition) is 2. The summed E-state index contributed by atoms with van der Waals surface area (Å²) in [4.78, 5) is 24.3. The van der Waals surface area contributed by atoms with Crippen molar-refractivity contribution in [2.24, 2.45) is 0 Å². The van der Waals surface area contributed by atoms with Crippen LogP contribution in [-0.2, 0) is 11.2 Å². The highest BCUT2D eigenvalue weighted by Crippen LogP contribution is 2.29. The normalized spacial score (nSPS) is 11.6. The van der Waals surface area contributed by atoms with E-state index in [2.05, 4.69) is 5.32 Å². The third-order valence-electron chi connectivity index (χ3n) is 4.27. The lowest BCUT2D eigenvalue weighted by atomic mass is 10.0. The van der Waals surface area contributed by atoms with Crippen molar-refractivity contribution in [3.05, 3.63) is 94.0 Å². The molecule has 3 aromatic carbocycles. The molecule has 0 saturated carbocycles. The molecular formula is C22H17Cl2NO3. The standard InChI is InChI=1S/C22H17Cl2NO3/c23-17-9-6-15(7-10-17)18-13-16(8-11-19(18)24)21(26)25-20(22(27)28)12-14-4-2-1-3-5-14/h1-11,13,20H,12H2,(H,25,26)(H,27,28)/t20-/m0/s1. The van der Waals surface area contributed by atoms with Crippen LogP contribution in [0.15, 0.2) is 72.8 Å². The average molecular weight is 414 g/mol. The zero-order chi connectivity index (χ0) is 20.1. The van der Waals surface area contributed by atoms with E-state index < -0.39 is 17.9 Å². The van der Waals surface area contributed by atoms with E-state index in [4.69, 9.17) is 23.2 Å². The fraction of sp³-hybridized carbons (Fsp3) is 0.0909. The molecular weight excluding hydrogens is 397 g/mol. The van der Waals surface area contributed by atoms with Crippen molar-refractivity contribution in [2.45, 2.75) is 12.5 Å². The van der Waals surface area contributed by atoms with Crippen LogP contribution < -0.4 is 5.32 Å². The number of carbonyl (C=O) groups excluding carboxylic acids is 1. The summed E-state index contributed by atoms with van der Waals surface area (Å²) >= 11 is 12.2. The molecule has 0 heterocycles. The van der Waals surface area contributed by atoms with Gasteiger partial charge in [0.15, 0.2) is 0 Å². The van der Waals surface area contributed by atoms with Gasteiger partial charge < -0.3 is 10.4 Å². The smallest absolute Gasteiger partial charge is 0.326 e. The first kappa shape index (κ1) is 19.9. The number of carboxylic acid groups (broad SMARTS) is 1. The van der Waals surface area contributed by atoms with E-state index in [0.717, 1.165) is 11.1 Å². The van der Waals surface area contributed by atoms with Crippen LogP contribution in [0.2, 0.25) is 10.0 Å². The van der Waals surface area contributed by atoms with Crippen molar-refractivity contribution in [1.29, 1.82) is 0 Å². The SMILES string of the molecule is O=C(N[C@@H](Cc1ccccc1)C(=O)O)c1ccc(Cl)c(-c2ccc(Cl)cc2)c1. The maximum absolute atomic E-state index is 12.7. The monoisotopic (exact) mass is 413 g/mol. The molecule has 0 saturated heterocycles. The van der Waals surface area contributed by atoms with Gasteiger partial charge in [0.2, 0.25) is 0 Å². The zero-order valence-corrected chi connectivity index (χ0v) is 16.2. The quantitative estimate of drug-likeness (QED) is 0.591. The fourth-order valence-corrected chi connectivity index (χ4v) is 3.16. The molecule has 0 fully saturated rings. The number of benzene rings is 3. The first-order valence-corrected chi connectivity index (χ1v) is 9.32. The van der Waals surface area contributed by atoms with E-state index in [1.807, 2.05) is 30.3 Å². The van der Waals surface area contributed by atoms with Crippen LogP contribution in [0, 0.1) is 0 Å². The molecule has 0 aliphatic carbocycles. The van der Waals surface area contributed by atoms with E-state index in [0.29, 0.717) is 21.2 Å². The topological polar surface area (TPSA) is 66.4 Å². The summed E-state index contributed by atoms with van der Waals surface area (Å²) in [5.74, 6) is -1.57. The average Bonchev–Trinajstić information content (AvgIpc) is 2.69. The molecule has 6 heteroatoms. The molecule has 3 rings (SSSR count). The number of carboxylic acids is 1. The largest absolute Gasteiger partial charge is 0.480 e. The van der Waals surface area contributed by atoms with Gasteiger partial charge in [-0.1, -0.05) is 65.7 Å². The molecule has 0 aromatic heterocycles. The molecule has 28 heavy (non-hydrogen) atoms. The minimum absolute atomic E-state index is 0.194. The Bertz CT molecular complexity index is 988. The summed E-state index contributed by atoms with van der Waals surface area (Å²) in [7, 11) is 0. The molecule has 3 aromatic rings. The summed E-state index contributed by atoms with van der Waals surface area (Å²) in [6.07, 6.45) is 0.194. The second-order valence-corrected chi connectivity index (χ2v) is 7.10. The van der Waals surface area contributed by atoms with Gasteiger partial charge in [0.1, 0.15) is 6.04 Å². The summed E-state index contributed by atoms with van der Waals surface area (Å²) in [5.41, 5.74) is 2.63. The van der Waals surface area contributed by atoms with Crippen molar-refractivity contribution in [2.75, 3.05) is 0 Å². The molecule has 0 spiro atoms. The molecule has 1 amide bonds. The van der Waals surface area contributed by atoms with Crippen LogP contribution >= 0.6 is 23.2 Å². The molecule has 0 aliphatic rings. The Kier molecular flexibility index (Phi) is 6.34. The Balaban J connectivity index is 1.82. The predicted molar refractivity (Wildman–Crippen MR) is 111 cm³/mol. The predicted octanol–water partition coefficient (Wildman–Crippen LogP) is 5.09. The van der Waals surface area contributed by atoms with Crippen LogP contribution in [0.4, 0.5) is 0 Å². The van der Waals surface area contributed by atoms with Crippen molar-refractivity contribution >= 4 is 35.1 Å². The Hall–Kier alpha value is -2.82. The number of halogens is 2. The molecule has 0 aliphatic heterocycles. The number of aliphatic carboxylic acids is 1. The first-order valence-electron chi connectivity index (χ1n) is 8.57. The van der Waals surface area contributed by atoms with Gasteiger partial charge in [-0.2, -0.15) is 0 Å². The van der Waals surface area contributed by atoms with E-state index in [9.17, 15) is 14.7 Å². The molecule has 0 bridgehead atoms. The number of hydrogen-bond acceptors (Lipinski definition) is 2. The van der Waals surface area contributed by atoms with Gasteiger partial charge in [-0.15, -0.1) is 0 Å². The van der Waals surface area contributed by atoms with E-state index in [1.54, 1.807) is 42.5 Å². The first-order chi connectivity index (χ1) is 13.4. The maximum atomic E-state index is 12.7. The van der Waals surface area contributed by atoms with Crippen molar-refractivity contribution in [1.82, 2.24) is 5.32 Å². The van der Waals surface area contributed by atoms with E-state index in [-0.39, 0.29) is 6.42 Å². The Morgan fingerprint density at radius 2 is 1.61 bits per heavy atom. The molecule has 0 unspecified atom stereocenters. The van der Waals surface area contributed by atoms with Gasteiger partial charge in [0.25, 0.3) is 5.91 Å². The lowest BCUT2D eigenvalue weighted by Crippen LogP contribution is -2.42. The summed E-state index contributed by atoms with van der Waals surface area (Å²) in [6.45, 7) is 0. The highest BCUT2D eigenvalue weighted by Gasteiger charge is 2.21. The second-order valence-electron chi connectivity index (χ2n) is 6.26. The number of nitrogens with one attached hydrogen (secondary N) is 1. The Morgan fingerprint density at radius 3 is 2.25 bits per heavy atom. The van der Waals surface area contributed by atoms with Gasteiger partial charge in [-0.05, 0) is 41.5 Å².